The first-order valence-corrected chi connectivity index (χ1v) is 5.82. The third-order valence-electron chi connectivity index (χ3n) is 3.54. The molecule has 1 saturated carbocycles. The molecule has 0 aromatic heterocycles. The van der Waals surface area contributed by atoms with Crippen LogP contribution in [-0.4, -0.2) is 29.9 Å². The van der Waals surface area contributed by atoms with Gasteiger partial charge in [0.1, 0.15) is 0 Å². The van der Waals surface area contributed by atoms with Crippen LogP contribution in [0, 0.1) is 5.92 Å². The van der Waals surface area contributed by atoms with Crippen LogP contribution in [0.1, 0.15) is 38.5 Å². The van der Waals surface area contributed by atoms with Crippen LogP contribution in [-0.2, 0) is 4.79 Å². The standard InChI is InChI=1S/C11H20N2O/c12-10-6-7-13(11(10)14)8-9-4-2-1-3-5-9/h9-10H,1-8,12H2. The van der Waals surface area contributed by atoms with Gasteiger partial charge in [-0.05, 0) is 25.2 Å². The van der Waals surface area contributed by atoms with E-state index in [0.717, 1.165) is 25.4 Å². The van der Waals surface area contributed by atoms with Gasteiger partial charge in [0.25, 0.3) is 0 Å². The summed E-state index contributed by atoms with van der Waals surface area (Å²) >= 11 is 0. The molecule has 2 aliphatic rings. The van der Waals surface area contributed by atoms with Gasteiger partial charge in [-0.2, -0.15) is 0 Å². The van der Waals surface area contributed by atoms with Crippen molar-refractivity contribution >= 4 is 5.91 Å². The van der Waals surface area contributed by atoms with Crippen LogP contribution in [0.2, 0.25) is 0 Å². The van der Waals surface area contributed by atoms with Crippen molar-refractivity contribution in [3.05, 3.63) is 0 Å². The molecule has 1 saturated heterocycles. The highest BCUT2D eigenvalue weighted by Crippen LogP contribution is 2.25. The Morgan fingerprint density at radius 1 is 1.21 bits per heavy atom. The van der Waals surface area contributed by atoms with Crippen molar-refractivity contribution in [2.75, 3.05) is 13.1 Å². The van der Waals surface area contributed by atoms with Crippen LogP contribution >= 0.6 is 0 Å². The van der Waals surface area contributed by atoms with Gasteiger partial charge in [-0.25, -0.2) is 0 Å². The highest BCUT2D eigenvalue weighted by atomic mass is 16.2. The van der Waals surface area contributed by atoms with Crippen molar-refractivity contribution in [3.63, 3.8) is 0 Å². The lowest BCUT2D eigenvalue weighted by Crippen LogP contribution is -2.37. The van der Waals surface area contributed by atoms with E-state index in [1.54, 1.807) is 0 Å². The molecule has 1 unspecified atom stereocenters. The Balaban J connectivity index is 1.82. The Labute approximate surface area is 85.6 Å². The summed E-state index contributed by atoms with van der Waals surface area (Å²) in [5.41, 5.74) is 5.68. The fourth-order valence-electron chi connectivity index (χ4n) is 2.63. The first-order valence-electron chi connectivity index (χ1n) is 5.82. The van der Waals surface area contributed by atoms with Crippen LogP contribution in [0.4, 0.5) is 0 Å². The fraction of sp³-hybridized carbons (Fsp3) is 0.909. The molecule has 80 valence electrons. The van der Waals surface area contributed by atoms with Crippen LogP contribution in [0.3, 0.4) is 0 Å². The molecule has 1 aliphatic heterocycles. The van der Waals surface area contributed by atoms with E-state index in [0.29, 0.717) is 0 Å². The van der Waals surface area contributed by atoms with Crippen molar-refractivity contribution in [2.24, 2.45) is 11.7 Å². The average molecular weight is 196 g/mol. The van der Waals surface area contributed by atoms with Crippen LogP contribution in [0.25, 0.3) is 0 Å². The summed E-state index contributed by atoms with van der Waals surface area (Å²) in [6.07, 6.45) is 7.53. The summed E-state index contributed by atoms with van der Waals surface area (Å²) in [5.74, 6) is 0.925. The van der Waals surface area contributed by atoms with Gasteiger partial charge in [0.2, 0.25) is 5.91 Å². The van der Waals surface area contributed by atoms with E-state index < -0.39 is 0 Å². The Morgan fingerprint density at radius 3 is 2.50 bits per heavy atom. The quantitative estimate of drug-likeness (QED) is 0.719. The number of nitrogens with two attached hydrogens (primary N) is 1. The largest absolute Gasteiger partial charge is 0.341 e. The summed E-state index contributed by atoms with van der Waals surface area (Å²) in [6.45, 7) is 1.85. The number of likely N-dealkylation sites (tertiary alicyclic amines) is 1. The molecule has 1 heterocycles. The summed E-state index contributed by atoms with van der Waals surface area (Å²) in [7, 11) is 0. The summed E-state index contributed by atoms with van der Waals surface area (Å²) in [5, 5.41) is 0. The predicted molar refractivity (Wildman–Crippen MR) is 55.7 cm³/mol. The zero-order valence-electron chi connectivity index (χ0n) is 8.74. The minimum absolute atomic E-state index is 0.176. The smallest absolute Gasteiger partial charge is 0.239 e. The molecular formula is C11H20N2O. The topological polar surface area (TPSA) is 46.3 Å². The van der Waals surface area contributed by atoms with Crippen LogP contribution < -0.4 is 5.73 Å². The molecule has 3 nitrogen and oxygen atoms in total. The number of nitrogens with zero attached hydrogens (tertiary/aromatic N) is 1. The van der Waals surface area contributed by atoms with E-state index in [-0.39, 0.29) is 11.9 Å². The molecule has 2 N–H and O–H groups in total. The number of carbonyl (C=O) groups excluding carboxylic acids is 1. The maximum Gasteiger partial charge on any atom is 0.239 e. The van der Waals surface area contributed by atoms with Gasteiger partial charge in [-0.3, -0.25) is 4.79 Å². The summed E-state index contributed by atoms with van der Waals surface area (Å²) in [6, 6.07) is -0.210. The van der Waals surface area contributed by atoms with E-state index in [2.05, 4.69) is 0 Å². The highest BCUT2D eigenvalue weighted by Gasteiger charge is 2.30. The zero-order chi connectivity index (χ0) is 9.97. The van der Waals surface area contributed by atoms with Gasteiger partial charge < -0.3 is 10.6 Å². The maximum atomic E-state index is 11.6. The monoisotopic (exact) mass is 196 g/mol. The predicted octanol–water partition coefficient (Wildman–Crippen LogP) is 1.13. The van der Waals surface area contributed by atoms with E-state index >= 15 is 0 Å². The first kappa shape index (κ1) is 9.97. The van der Waals surface area contributed by atoms with Gasteiger partial charge in [-0.1, -0.05) is 19.3 Å². The lowest BCUT2D eigenvalue weighted by molar-refractivity contribution is -0.129. The second kappa shape index (κ2) is 4.30. The SMILES string of the molecule is NC1CCN(CC2CCCCC2)C1=O. The third-order valence-corrected chi connectivity index (χ3v) is 3.54. The average Bonchev–Trinajstić information content (AvgIpc) is 2.52. The minimum atomic E-state index is -0.210. The fourth-order valence-corrected chi connectivity index (χ4v) is 2.63. The Kier molecular flexibility index (Phi) is 3.06. The van der Waals surface area contributed by atoms with Gasteiger partial charge in [0.05, 0.1) is 6.04 Å². The number of amides is 1. The number of carbonyl (C=O) groups is 1. The third kappa shape index (κ3) is 2.08. The van der Waals surface area contributed by atoms with E-state index in [1.807, 2.05) is 4.90 Å². The second-order valence-electron chi connectivity index (χ2n) is 4.68. The Bertz CT molecular complexity index is 211. The molecule has 0 aromatic carbocycles. The van der Waals surface area contributed by atoms with Crippen LogP contribution in [0.5, 0.6) is 0 Å². The van der Waals surface area contributed by atoms with Gasteiger partial charge in [-0.15, -0.1) is 0 Å². The minimum Gasteiger partial charge on any atom is -0.341 e. The molecule has 3 heteroatoms. The molecule has 0 radical (unpaired) electrons. The highest BCUT2D eigenvalue weighted by molar-refractivity contribution is 5.83. The summed E-state index contributed by atoms with van der Waals surface area (Å²) in [4.78, 5) is 13.6. The van der Waals surface area contributed by atoms with Crippen LogP contribution in [0.15, 0.2) is 0 Å². The van der Waals surface area contributed by atoms with Crippen molar-refractivity contribution in [2.45, 2.75) is 44.6 Å². The molecule has 1 amide bonds. The molecule has 1 atom stereocenters. The Morgan fingerprint density at radius 2 is 1.93 bits per heavy atom. The molecule has 0 spiro atoms. The first-order chi connectivity index (χ1) is 6.77. The molecule has 2 fully saturated rings. The normalized spacial score (nSPS) is 29.9. The van der Waals surface area contributed by atoms with Gasteiger partial charge >= 0.3 is 0 Å². The number of hydrogen-bond donors (Lipinski definition) is 1. The summed E-state index contributed by atoms with van der Waals surface area (Å²) < 4.78 is 0. The van der Waals surface area contributed by atoms with Gasteiger partial charge in [0.15, 0.2) is 0 Å². The molecular weight excluding hydrogens is 176 g/mol. The molecule has 1 aliphatic carbocycles. The lowest BCUT2D eigenvalue weighted by atomic mass is 9.89. The molecule has 14 heavy (non-hydrogen) atoms. The lowest BCUT2D eigenvalue weighted by Gasteiger charge is -2.26. The molecule has 0 aromatic rings. The van der Waals surface area contributed by atoms with Crippen molar-refractivity contribution < 1.29 is 4.79 Å². The van der Waals surface area contributed by atoms with E-state index in [9.17, 15) is 4.79 Å². The molecule has 0 bridgehead atoms. The van der Waals surface area contributed by atoms with Gasteiger partial charge in [0, 0.05) is 13.1 Å². The van der Waals surface area contributed by atoms with Crippen molar-refractivity contribution in [3.8, 4) is 0 Å². The van der Waals surface area contributed by atoms with E-state index in [1.165, 1.54) is 32.1 Å². The zero-order valence-corrected chi connectivity index (χ0v) is 8.74. The number of rotatable bonds is 2. The van der Waals surface area contributed by atoms with E-state index in [4.69, 9.17) is 5.73 Å². The Hall–Kier alpha value is -0.570. The van der Waals surface area contributed by atoms with Crippen molar-refractivity contribution in [1.82, 2.24) is 4.90 Å². The number of hydrogen-bond acceptors (Lipinski definition) is 2. The molecule has 2 rings (SSSR count). The van der Waals surface area contributed by atoms with Crippen molar-refractivity contribution in [1.29, 1.82) is 0 Å². The maximum absolute atomic E-state index is 11.6. The second-order valence-corrected chi connectivity index (χ2v) is 4.68.